The van der Waals surface area contributed by atoms with Crippen molar-refractivity contribution in [2.75, 3.05) is 6.61 Å². The molecule has 0 radical (unpaired) electrons. The smallest absolute Gasteiger partial charge is 0.241 e. The number of nitrogens with one attached hydrogen (secondary N) is 1. The highest BCUT2D eigenvalue weighted by Crippen LogP contribution is 2.27. The third kappa shape index (κ3) is 4.09. The van der Waals surface area contributed by atoms with E-state index in [2.05, 4.69) is 9.71 Å². The van der Waals surface area contributed by atoms with Crippen LogP contribution in [0.1, 0.15) is 36.6 Å². The lowest BCUT2D eigenvalue weighted by Gasteiger charge is -2.17. The Kier molecular flexibility index (Phi) is 5.38. The van der Waals surface area contributed by atoms with Crippen LogP contribution < -0.4 is 9.46 Å². The van der Waals surface area contributed by atoms with E-state index in [1.54, 1.807) is 43.6 Å². The molecule has 5 nitrogen and oxygen atoms in total. The number of ether oxygens (including phenoxy) is 1. The van der Waals surface area contributed by atoms with Gasteiger partial charge >= 0.3 is 0 Å². The van der Waals surface area contributed by atoms with E-state index in [4.69, 9.17) is 4.74 Å². The van der Waals surface area contributed by atoms with Crippen LogP contribution in [-0.2, 0) is 10.0 Å². The van der Waals surface area contributed by atoms with Gasteiger partial charge in [0.2, 0.25) is 10.0 Å². The number of nitrogens with zero attached hydrogens (tertiary/aromatic N) is 1. The van der Waals surface area contributed by atoms with Crippen LogP contribution in [0, 0.1) is 13.8 Å². The summed E-state index contributed by atoms with van der Waals surface area (Å²) >= 11 is 0. The van der Waals surface area contributed by atoms with Crippen LogP contribution in [0.25, 0.3) is 0 Å². The van der Waals surface area contributed by atoms with Gasteiger partial charge in [0.25, 0.3) is 0 Å². The normalized spacial score (nSPS) is 12.9. The highest BCUT2D eigenvalue weighted by atomic mass is 32.2. The Balaban J connectivity index is 2.31. The number of aryl methyl sites for hydroxylation is 2. The molecule has 0 bridgehead atoms. The molecule has 1 heterocycles. The number of rotatable bonds is 6. The minimum Gasteiger partial charge on any atom is -0.494 e. The van der Waals surface area contributed by atoms with Crippen molar-refractivity contribution in [3.63, 3.8) is 0 Å². The fraction of sp³-hybridized carbons (Fsp3) is 0.353. The molecule has 23 heavy (non-hydrogen) atoms. The zero-order valence-corrected chi connectivity index (χ0v) is 14.6. The van der Waals surface area contributed by atoms with E-state index < -0.39 is 10.0 Å². The van der Waals surface area contributed by atoms with Crippen molar-refractivity contribution in [1.82, 2.24) is 9.71 Å². The van der Waals surface area contributed by atoms with E-state index in [0.29, 0.717) is 17.9 Å². The summed E-state index contributed by atoms with van der Waals surface area (Å²) in [6.45, 7) is 7.87. The van der Waals surface area contributed by atoms with Gasteiger partial charge in [-0.1, -0.05) is 0 Å². The molecule has 0 aliphatic carbocycles. The van der Waals surface area contributed by atoms with Crippen LogP contribution >= 0.6 is 0 Å². The van der Waals surface area contributed by atoms with Gasteiger partial charge in [-0.3, -0.25) is 4.98 Å². The van der Waals surface area contributed by atoms with E-state index in [1.165, 1.54) is 0 Å². The van der Waals surface area contributed by atoms with E-state index in [9.17, 15) is 8.42 Å². The first-order chi connectivity index (χ1) is 10.8. The van der Waals surface area contributed by atoms with Gasteiger partial charge < -0.3 is 4.74 Å². The summed E-state index contributed by atoms with van der Waals surface area (Å²) in [5.41, 5.74) is 2.33. The SMILES string of the molecule is CCOc1cc(C)c(S(=O)(=O)NC(C)c2ccncc2)cc1C. The van der Waals surface area contributed by atoms with Gasteiger partial charge in [-0.2, -0.15) is 0 Å². The predicted molar refractivity (Wildman–Crippen MR) is 90.1 cm³/mol. The fourth-order valence-electron chi connectivity index (χ4n) is 2.38. The molecular weight excluding hydrogens is 312 g/mol. The van der Waals surface area contributed by atoms with Gasteiger partial charge in [0.1, 0.15) is 5.75 Å². The molecule has 2 aromatic rings. The standard InChI is InChI=1S/C17H22N2O3S/c1-5-22-16-10-13(3)17(11-12(16)2)23(20,21)19-14(4)15-6-8-18-9-7-15/h6-11,14,19H,5H2,1-4H3. The third-order valence-electron chi connectivity index (χ3n) is 3.60. The number of hydrogen-bond acceptors (Lipinski definition) is 4. The Morgan fingerprint density at radius 1 is 1.17 bits per heavy atom. The first kappa shape index (κ1) is 17.4. The summed E-state index contributed by atoms with van der Waals surface area (Å²) in [4.78, 5) is 4.22. The number of benzene rings is 1. The molecule has 1 unspecified atom stereocenters. The van der Waals surface area contributed by atoms with E-state index in [0.717, 1.165) is 11.1 Å². The zero-order valence-electron chi connectivity index (χ0n) is 13.8. The molecule has 124 valence electrons. The first-order valence-corrected chi connectivity index (χ1v) is 8.99. The molecule has 1 N–H and O–H groups in total. The van der Waals surface area contributed by atoms with Crippen molar-refractivity contribution in [3.8, 4) is 5.75 Å². The van der Waals surface area contributed by atoms with Crippen molar-refractivity contribution >= 4 is 10.0 Å². The van der Waals surface area contributed by atoms with Gasteiger partial charge in [0.05, 0.1) is 11.5 Å². The van der Waals surface area contributed by atoms with Crippen LogP contribution in [0.3, 0.4) is 0 Å². The zero-order chi connectivity index (χ0) is 17.0. The Bertz CT molecular complexity index is 774. The summed E-state index contributed by atoms with van der Waals surface area (Å²) in [5.74, 6) is 0.714. The molecule has 2 rings (SSSR count). The highest BCUT2D eigenvalue weighted by Gasteiger charge is 2.21. The molecular formula is C17H22N2O3S. The maximum absolute atomic E-state index is 12.7. The summed E-state index contributed by atoms with van der Waals surface area (Å²) in [5, 5.41) is 0. The maximum atomic E-state index is 12.7. The summed E-state index contributed by atoms with van der Waals surface area (Å²) < 4.78 is 33.6. The van der Waals surface area contributed by atoms with Crippen molar-refractivity contribution in [2.45, 2.75) is 38.6 Å². The second-order valence-electron chi connectivity index (χ2n) is 5.44. The summed E-state index contributed by atoms with van der Waals surface area (Å²) in [6, 6.07) is 6.67. The van der Waals surface area contributed by atoms with Crippen molar-refractivity contribution in [1.29, 1.82) is 0 Å². The minimum absolute atomic E-state index is 0.277. The highest BCUT2D eigenvalue weighted by molar-refractivity contribution is 7.89. The molecule has 0 aliphatic heterocycles. The quantitative estimate of drug-likeness (QED) is 0.881. The van der Waals surface area contributed by atoms with Gasteiger partial charge in [-0.25, -0.2) is 13.1 Å². The summed E-state index contributed by atoms with van der Waals surface area (Å²) in [7, 11) is -3.62. The van der Waals surface area contributed by atoms with Crippen LogP contribution in [0.15, 0.2) is 41.6 Å². The second kappa shape index (κ2) is 7.10. The van der Waals surface area contributed by atoms with Crippen LogP contribution in [-0.4, -0.2) is 20.0 Å². The largest absolute Gasteiger partial charge is 0.494 e. The van der Waals surface area contributed by atoms with Crippen LogP contribution in [0.2, 0.25) is 0 Å². The minimum atomic E-state index is -3.62. The van der Waals surface area contributed by atoms with Crippen molar-refractivity contribution in [3.05, 3.63) is 53.3 Å². The van der Waals surface area contributed by atoms with Gasteiger partial charge in [-0.05, 0) is 68.7 Å². The van der Waals surface area contributed by atoms with Gasteiger partial charge in [0.15, 0.2) is 0 Å². The van der Waals surface area contributed by atoms with Gasteiger partial charge in [-0.15, -0.1) is 0 Å². The lowest BCUT2D eigenvalue weighted by Crippen LogP contribution is -2.27. The lowest BCUT2D eigenvalue weighted by atomic mass is 10.1. The average Bonchev–Trinajstić information content (AvgIpc) is 2.51. The van der Waals surface area contributed by atoms with Crippen LogP contribution in [0.4, 0.5) is 0 Å². The number of sulfonamides is 1. The third-order valence-corrected chi connectivity index (χ3v) is 5.28. The van der Waals surface area contributed by atoms with E-state index in [1.807, 2.05) is 20.8 Å². The van der Waals surface area contributed by atoms with Crippen LogP contribution in [0.5, 0.6) is 5.75 Å². The Morgan fingerprint density at radius 2 is 1.83 bits per heavy atom. The Labute approximate surface area is 137 Å². The average molecular weight is 334 g/mol. The summed E-state index contributed by atoms with van der Waals surface area (Å²) in [6.07, 6.45) is 3.29. The molecule has 0 aliphatic rings. The molecule has 0 saturated heterocycles. The Morgan fingerprint density at radius 3 is 2.43 bits per heavy atom. The predicted octanol–water partition coefficient (Wildman–Crippen LogP) is 3.14. The molecule has 0 saturated carbocycles. The lowest BCUT2D eigenvalue weighted by molar-refractivity contribution is 0.337. The first-order valence-electron chi connectivity index (χ1n) is 7.51. The monoisotopic (exact) mass is 334 g/mol. The molecule has 0 amide bonds. The van der Waals surface area contributed by atoms with Crippen molar-refractivity contribution in [2.24, 2.45) is 0 Å². The van der Waals surface area contributed by atoms with E-state index >= 15 is 0 Å². The number of pyridine rings is 1. The number of hydrogen-bond donors (Lipinski definition) is 1. The fourth-order valence-corrected chi connectivity index (χ4v) is 3.92. The van der Waals surface area contributed by atoms with Crippen molar-refractivity contribution < 1.29 is 13.2 Å². The number of aromatic nitrogens is 1. The molecule has 0 fully saturated rings. The molecule has 0 spiro atoms. The molecule has 1 atom stereocenters. The molecule has 1 aromatic carbocycles. The topological polar surface area (TPSA) is 68.3 Å². The van der Waals surface area contributed by atoms with E-state index in [-0.39, 0.29) is 10.9 Å². The second-order valence-corrected chi connectivity index (χ2v) is 7.12. The maximum Gasteiger partial charge on any atom is 0.241 e. The molecule has 1 aromatic heterocycles. The van der Waals surface area contributed by atoms with Gasteiger partial charge in [0, 0.05) is 18.4 Å². The Hall–Kier alpha value is -1.92. The molecule has 6 heteroatoms.